The van der Waals surface area contributed by atoms with Crippen molar-refractivity contribution in [2.75, 3.05) is 40.9 Å². The zero-order valence-electron chi connectivity index (χ0n) is 38.0. The van der Waals surface area contributed by atoms with Crippen LogP contribution >= 0.6 is 7.82 Å². The summed E-state index contributed by atoms with van der Waals surface area (Å²) in [5.41, 5.74) is 0. The first-order valence-corrected chi connectivity index (χ1v) is 24.8. The SMILES string of the molecule is CC/C=C\C/C=C\C/C=C\C/C=C\C/C=C\CCCCCCCCCC(=O)NC(COP(=O)(O)OCC[N+](C)(C)C)C(O)/C=C/CCCCCCCCCCCCC. The molecule has 0 saturated carbocycles. The highest BCUT2D eigenvalue weighted by Gasteiger charge is 2.27. The van der Waals surface area contributed by atoms with Gasteiger partial charge in [-0.05, 0) is 64.2 Å². The molecule has 0 aliphatic rings. The van der Waals surface area contributed by atoms with Crippen LogP contribution in [0.15, 0.2) is 72.9 Å². The monoisotopic (exact) mass is 834 g/mol. The van der Waals surface area contributed by atoms with Gasteiger partial charge in [-0.1, -0.05) is 183 Å². The molecule has 0 fully saturated rings. The molecule has 3 atom stereocenters. The van der Waals surface area contributed by atoms with E-state index in [1.165, 1.54) is 77.0 Å². The molecular formula is C49H90N2O6P+. The van der Waals surface area contributed by atoms with E-state index < -0.39 is 20.0 Å². The van der Waals surface area contributed by atoms with E-state index >= 15 is 0 Å². The summed E-state index contributed by atoms with van der Waals surface area (Å²) in [7, 11) is 1.55. The van der Waals surface area contributed by atoms with Gasteiger partial charge in [-0.15, -0.1) is 0 Å². The van der Waals surface area contributed by atoms with Crippen molar-refractivity contribution in [1.29, 1.82) is 0 Å². The Morgan fingerprint density at radius 3 is 1.52 bits per heavy atom. The summed E-state index contributed by atoms with van der Waals surface area (Å²) in [6.07, 6.45) is 53.9. The number of carbonyl (C=O) groups is 1. The van der Waals surface area contributed by atoms with Gasteiger partial charge < -0.3 is 19.8 Å². The summed E-state index contributed by atoms with van der Waals surface area (Å²) in [6, 6.07) is -0.855. The lowest BCUT2D eigenvalue weighted by molar-refractivity contribution is -0.870. The second kappa shape index (κ2) is 40.4. The molecule has 0 rings (SSSR count). The number of quaternary nitrogens is 1. The average molecular weight is 834 g/mol. The Bertz CT molecular complexity index is 1170. The number of carbonyl (C=O) groups excluding carboxylic acids is 1. The van der Waals surface area contributed by atoms with Gasteiger partial charge in [0.05, 0.1) is 39.9 Å². The van der Waals surface area contributed by atoms with E-state index in [2.05, 4.69) is 79.9 Å². The van der Waals surface area contributed by atoms with Gasteiger partial charge in [-0.3, -0.25) is 13.8 Å². The number of hydrogen-bond donors (Lipinski definition) is 3. The number of phosphoric acid groups is 1. The molecule has 0 aromatic heterocycles. The largest absolute Gasteiger partial charge is 0.472 e. The molecule has 58 heavy (non-hydrogen) atoms. The van der Waals surface area contributed by atoms with E-state index in [0.29, 0.717) is 17.4 Å². The van der Waals surface area contributed by atoms with Gasteiger partial charge in [0.1, 0.15) is 13.2 Å². The summed E-state index contributed by atoms with van der Waals surface area (Å²) < 4.78 is 23.6. The zero-order chi connectivity index (χ0) is 42.8. The maximum atomic E-state index is 12.9. The van der Waals surface area contributed by atoms with E-state index in [4.69, 9.17) is 9.05 Å². The third-order valence-electron chi connectivity index (χ3n) is 9.93. The van der Waals surface area contributed by atoms with Crippen molar-refractivity contribution in [2.45, 2.75) is 193 Å². The fourth-order valence-electron chi connectivity index (χ4n) is 6.24. The van der Waals surface area contributed by atoms with Crippen LogP contribution in [-0.4, -0.2) is 73.4 Å². The minimum Gasteiger partial charge on any atom is -0.387 e. The standard InChI is InChI=1S/C49H89N2O6P/c1-6-8-10-12-14-16-18-20-21-22-23-24-25-26-27-28-29-31-33-35-37-39-41-43-49(53)50-47(46-57-58(54,55)56-45-44-51(3,4)5)48(52)42-40-38-36-34-32-30-19-17-15-13-11-9-7-2/h8,10,14,16,20-21,23-24,26-27,40,42,47-48,52H,6-7,9,11-13,15,17-19,22,25,28-39,41,43-46H2,1-5H3,(H-,50,53,54,55)/p+1/b10-8-,16-14-,21-20-,24-23-,27-26-,42-40+. The van der Waals surface area contributed by atoms with Crippen LogP contribution in [0.1, 0.15) is 181 Å². The van der Waals surface area contributed by atoms with Gasteiger partial charge >= 0.3 is 7.82 Å². The van der Waals surface area contributed by atoms with Crippen LogP contribution in [0.4, 0.5) is 0 Å². The van der Waals surface area contributed by atoms with E-state index in [1.54, 1.807) is 6.08 Å². The molecule has 0 aromatic carbocycles. The second-order valence-corrected chi connectivity index (χ2v) is 18.2. The Morgan fingerprint density at radius 2 is 1.03 bits per heavy atom. The van der Waals surface area contributed by atoms with E-state index in [9.17, 15) is 19.4 Å². The first kappa shape index (κ1) is 55.9. The summed E-state index contributed by atoms with van der Waals surface area (Å²) in [5.74, 6) is -0.192. The fourth-order valence-corrected chi connectivity index (χ4v) is 6.98. The van der Waals surface area contributed by atoms with Crippen molar-refractivity contribution in [3.63, 3.8) is 0 Å². The van der Waals surface area contributed by atoms with Crippen molar-refractivity contribution in [2.24, 2.45) is 0 Å². The number of likely N-dealkylation sites (N-methyl/N-ethyl adjacent to an activating group) is 1. The number of phosphoric ester groups is 1. The van der Waals surface area contributed by atoms with Crippen LogP contribution in [0.25, 0.3) is 0 Å². The van der Waals surface area contributed by atoms with Crippen LogP contribution < -0.4 is 5.32 Å². The lowest BCUT2D eigenvalue weighted by Crippen LogP contribution is -2.45. The zero-order valence-corrected chi connectivity index (χ0v) is 38.9. The van der Waals surface area contributed by atoms with Crippen molar-refractivity contribution in [3.05, 3.63) is 72.9 Å². The van der Waals surface area contributed by atoms with Crippen molar-refractivity contribution in [1.82, 2.24) is 5.32 Å². The molecular weight excluding hydrogens is 744 g/mol. The summed E-state index contributed by atoms with van der Waals surface area (Å²) in [4.78, 5) is 23.1. The molecule has 3 unspecified atom stereocenters. The number of rotatable bonds is 41. The van der Waals surface area contributed by atoms with Crippen molar-refractivity contribution >= 4 is 13.7 Å². The second-order valence-electron chi connectivity index (χ2n) is 16.8. The topological polar surface area (TPSA) is 105 Å². The number of amides is 1. The molecule has 3 N–H and O–H groups in total. The molecule has 0 saturated heterocycles. The highest BCUT2D eigenvalue weighted by molar-refractivity contribution is 7.47. The minimum atomic E-state index is -4.34. The average Bonchev–Trinajstić information content (AvgIpc) is 3.17. The molecule has 0 radical (unpaired) electrons. The maximum Gasteiger partial charge on any atom is 0.472 e. The Hall–Kier alpha value is -2.06. The Kier molecular flexibility index (Phi) is 38.9. The quantitative estimate of drug-likeness (QED) is 0.0245. The normalized spacial score (nSPS) is 14.9. The van der Waals surface area contributed by atoms with Crippen LogP contribution in [-0.2, 0) is 18.4 Å². The smallest absolute Gasteiger partial charge is 0.387 e. The summed E-state index contributed by atoms with van der Waals surface area (Å²) >= 11 is 0. The van der Waals surface area contributed by atoms with Gasteiger partial charge in [-0.2, -0.15) is 0 Å². The van der Waals surface area contributed by atoms with Crippen LogP contribution in [0, 0.1) is 0 Å². The minimum absolute atomic E-state index is 0.0556. The highest BCUT2D eigenvalue weighted by atomic mass is 31.2. The highest BCUT2D eigenvalue weighted by Crippen LogP contribution is 2.43. The lowest BCUT2D eigenvalue weighted by atomic mass is 10.0. The van der Waals surface area contributed by atoms with Gasteiger partial charge in [0.25, 0.3) is 0 Å². The predicted octanol–water partition coefficient (Wildman–Crippen LogP) is 13.2. The number of hydrogen-bond acceptors (Lipinski definition) is 5. The molecule has 336 valence electrons. The Labute approximate surface area is 357 Å². The Morgan fingerprint density at radius 1 is 0.603 bits per heavy atom. The predicted molar refractivity (Wildman–Crippen MR) is 249 cm³/mol. The van der Waals surface area contributed by atoms with Gasteiger partial charge in [0.2, 0.25) is 5.91 Å². The van der Waals surface area contributed by atoms with E-state index in [-0.39, 0.29) is 19.1 Å². The first-order valence-electron chi connectivity index (χ1n) is 23.3. The molecule has 0 bridgehead atoms. The molecule has 0 aliphatic heterocycles. The Balaban J connectivity index is 4.37. The van der Waals surface area contributed by atoms with Gasteiger partial charge in [0, 0.05) is 6.42 Å². The van der Waals surface area contributed by atoms with Crippen LogP contribution in [0.2, 0.25) is 0 Å². The first-order chi connectivity index (χ1) is 28.0. The summed E-state index contributed by atoms with van der Waals surface area (Å²) in [5, 5.41) is 13.8. The lowest BCUT2D eigenvalue weighted by Gasteiger charge is -2.25. The van der Waals surface area contributed by atoms with Gasteiger partial charge in [0.15, 0.2) is 0 Å². The number of unbranched alkanes of at least 4 members (excludes halogenated alkanes) is 18. The molecule has 8 nitrogen and oxygen atoms in total. The molecule has 0 aromatic rings. The maximum absolute atomic E-state index is 12.9. The fraction of sp³-hybridized carbons (Fsp3) is 0.735. The van der Waals surface area contributed by atoms with Gasteiger partial charge in [-0.25, -0.2) is 4.57 Å². The number of nitrogens with zero attached hydrogens (tertiary/aromatic N) is 1. The van der Waals surface area contributed by atoms with E-state index in [1.807, 2.05) is 27.2 Å². The molecule has 9 heteroatoms. The van der Waals surface area contributed by atoms with Crippen molar-refractivity contribution in [3.8, 4) is 0 Å². The number of aliphatic hydroxyl groups excluding tert-OH is 1. The third-order valence-corrected chi connectivity index (χ3v) is 10.9. The number of nitrogens with one attached hydrogen (secondary N) is 1. The molecule has 0 heterocycles. The molecule has 1 amide bonds. The molecule has 0 spiro atoms. The van der Waals surface area contributed by atoms with E-state index in [0.717, 1.165) is 83.5 Å². The third kappa shape index (κ3) is 42.1. The number of allylic oxidation sites excluding steroid dienone is 11. The van der Waals surface area contributed by atoms with Crippen LogP contribution in [0.5, 0.6) is 0 Å². The summed E-state index contributed by atoms with van der Waals surface area (Å²) in [6.45, 7) is 4.67. The van der Waals surface area contributed by atoms with Crippen molar-refractivity contribution < 1.29 is 32.9 Å². The molecule has 0 aliphatic carbocycles. The number of aliphatic hydroxyl groups is 1. The van der Waals surface area contributed by atoms with Crippen LogP contribution in [0.3, 0.4) is 0 Å².